The van der Waals surface area contributed by atoms with Gasteiger partial charge in [-0.15, -0.1) is 0 Å². The first-order chi connectivity index (χ1) is 16.8. The van der Waals surface area contributed by atoms with Crippen LogP contribution in [0.3, 0.4) is 0 Å². The molecule has 0 aliphatic rings. The number of hydrogen-bond acceptors (Lipinski definition) is 5. The zero-order valence-corrected chi connectivity index (χ0v) is 19.4. The van der Waals surface area contributed by atoms with Crippen molar-refractivity contribution in [2.24, 2.45) is 0 Å². The molecule has 36 heavy (non-hydrogen) atoms. The molecule has 1 atom stereocenters. The van der Waals surface area contributed by atoms with Crippen LogP contribution in [0.1, 0.15) is 18.1 Å². The number of nitriles is 1. The van der Waals surface area contributed by atoms with Gasteiger partial charge in [0.2, 0.25) is 16.0 Å². The quantitative estimate of drug-likeness (QED) is 0.301. The molecule has 0 saturated carbocycles. The van der Waals surface area contributed by atoms with Crippen molar-refractivity contribution in [2.75, 3.05) is 0 Å². The molecular formula is C23H16F5N5O2S. The second-order valence-corrected chi connectivity index (χ2v) is 9.61. The van der Waals surface area contributed by atoms with E-state index < -0.39 is 38.9 Å². The van der Waals surface area contributed by atoms with E-state index in [4.69, 9.17) is 0 Å². The number of nitrogens with one attached hydrogen (secondary N) is 1. The number of aryl methyl sites for hydroxylation is 1. The Morgan fingerprint density at radius 2 is 1.81 bits per heavy atom. The molecule has 0 aliphatic carbocycles. The SMILES string of the molecule is Cc1cc2c(cc1F)c(C#N)c(-c1ccc(S(=O)(=O)NC(C)C(F)(F)F)cn1)n2-c1ccc(F)nc1. The average Bonchev–Trinajstić information content (AvgIpc) is 3.12. The molecule has 7 nitrogen and oxygen atoms in total. The molecule has 1 unspecified atom stereocenters. The molecule has 1 aromatic carbocycles. The summed E-state index contributed by atoms with van der Waals surface area (Å²) < 4.78 is 94.2. The number of hydrogen-bond donors (Lipinski definition) is 1. The molecule has 3 heterocycles. The van der Waals surface area contributed by atoms with Crippen LogP contribution in [0.15, 0.2) is 53.7 Å². The van der Waals surface area contributed by atoms with Gasteiger partial charge in [0.15, 0.2) is 0 Å². The number of sulfonamides is 1. The Kier molecular flexibility index (Phi) is 6.27. The van der Waals surface area contributed by atoms with Crippen molar-refractivity contribution < 1.29 is 30.4 Å². The lowest BCUT2D eigenvalue weighted by Crippen LogP contribution is -2.42. The van der Waals surface area contributed by atoms with Crippen molar-refractivity contribution in [3.05, 3.63) is 71.7 Å². The predicted octanol–water partition coefficient (Wildman–Crippen LogP) is 4.77. The third-order valence-corrected chi connectivity index (χ3v) is 6.97. The van der Waals surface area contributed by atoms with Gasteiger partial charge in [-0.25, -0.2) is 17.8 Å². The molecule has 3 aromatic heterocycles. The predicted molar refractivity (Wildman–Crippen MR) is 120 cm³/mol. The lowest BCUT2D eigenvalue weighted by atomic mass is 10.1. The maximum atomic E-state index is 14.4. The van der Waals surface area contributed by atoms with E-state index in [2.05, 4.69) is 9.97 Å². The molecule has 0 fully saturated rings. The summed E-state index contributed by atoms with van der Waals surface area (Å²) in [5.74, 6) is -1.33. The molecule has 0 spiro atoms. The van der Waals surface area contributed by atoms with Crippen LogP contribution in [-0.2, 0) is 10.0 Å². The number of benzene rings is 1. The highest BCUT2D eigenvalue weighted by atomic mass is 32.2. The summed E-state index contributed by atoms with van der Waals surface area (Å²) in [7, 11) is -4.57. The number of pyridine rings is 2. The van der Waals surface area contributed by atoms with Crippen molar-refractivity contribution in [1.29, 1.82) is 5.26 Å². The Morgan fingerprint density at radius 1 is 1.08 bits per heavy atom. The van der Waals surface area contributed by atoms with E-state index in [9.17, 15) is 35.6 Å². The average molecular weight is 521 g/mol. The molecule has 0 radical (unpaired) electrons. The van der Waals surface area contributed by atoms with Gasteiger partial charge in [-0.3, -0.25) is 4.98 Å². The first-order valence-electron chi connectivity index (χ1n) is 10.3. The highest BCUT2D eigenvalue weighted by molar-refractivity contribution is 7.89. The molecule has 1 N–H and O–H groups in total. The van der Waals surface area contributed by atoms with Gasteiger partial charge >= 0.3 is 6.18 Å². The Morgan fingerprint density at radius 3 is 2.36 bits per heavy atom. The largest absolute Gasteiger partial charge is 0.404 e. The number of aromatic nitrogens is 3. The number of rotatable bonds is 5. The summed E-state index contributed by atoms with van der Waals surface area (Å²) in [4.78, 5) is 7.16. The van der Waals surface area contributed by atoms with Crippen LogP contribution in [0.25, 0.3) is 28.0 Å². The van der Waals surface area contributed by atoms with Crippen LogP contribution in [0.4, 0.5) is 22.0 Å². The lowest BCUT2D eigenvalue weighted by molar-refractivity contribution is -0.147. The van der Waals surface area contributed by atoms with Gasteiger partial charge in [0.25, 0.3) is 0 Å². The summed E-state index contributed by atoms with van der Waals surface area (Å²) in [5, 5.41) is 10.1. The van der Waals surface area contributed by atoms with Crippen molar-refractivity contribution in [2.45, 2.75) is 31.0 Å². The molecule has 0 saturated heterocycles. The highest BCUT2D eigenvalue weighted by Crippen LogP contribution is 2.36. The highest BCUT2D eigenvalue weighted by Gasteiger charge is 2.39. The lowest BCUT2D eigenvalue weighted by Gasteiger charge is -2.17. The van der Waals surface area contributed by atoms with Crippen molar-refractivity contribution in [3.63, 3.8) is 0 Å². The molecule has 0 aliphatic heterocycles. The van der Waals surface area contributed by atoms with E-state index >= 15 is 0 Å². The summed E-state index contributed by atoms with van der Waals surface area (Å²) in [6.45, 7) is 2.18. The third-order valence-electron chi connectivity index (χ3n) is 5.44. The van der Waals surface area contributed by atoms with Crippen LogP contribution in [0, 0.1) is 30.0 Å². The fraction of sp³-hybridized carbons (Fsp3) is 0.174. The van der Waals surface area contributed by atoms with E-state index in [-0.39, 0.29) is 27.9 Å². The summed E-state index contributed by atoms with van der Waals surface area (Å²) in [6.07, 6.45) is -2.75. The molecule has 0 amide bonds. The fourth-order valence-corrected chi connectivity index (χ4v) is 4.76. The van der Waals surface area contributed by atoms with Gasteiger partial charge < -0.3 is 4.57 Å². The van der Waals surface area contributed by atoms with Crippen LogP contribution in [-0.4, -0.2) is 35.2 Å². The number of alkyl halides is 3. The van der Waals surface area contributed by atoms with Gasteiger partial charge in [-0.2, -0.15) is 27.5 Å². The fourth-order valence-electron chi connectivity index (χ4n) is 3.58. The van der Waals surface area contributed by atoms with Crippen molar-refractivity contribution in [1.82, 2.24) is 19.3 Å². The van der Waals surface area contributed by atoms with Gasteiger partial charge in [-0.1, -0.05) is 0 Å². The smallest absolute Gasteiger partial charge is 0.305 e. The van der Waals surface area contributed by atoms with Crippen LogP contribution < -0.4 is 4.72 Å². The third kappa shape index (κ3) is 4.52. The Hall–Kier alpha value is -3.89. The molecular weight excluding hydrogens is 505 g/mol. The van der Waals surface area contributed by atoms with Crippen LogP contribution in [0.5, 0.6) is 0 Å². The van der Waals surface area contributed by atoms with Gasteiger partial charge in [0.1, 0.15) is 22.8 Å². The molecule has 13 heteroatoms. The Balaban J connectivity index is 1.91. The first kappa shape index (κ1) is 25.2. The van der Waals surface area contributed by atoms with Gasteiger partial charge in [-0.05, 0) is 55.8 Å². The number of fused-ring (bicyclic) bond motifs is 1. The number of halogens is 5. The number of nitrogens with zero attached hydrogens (tertiary/aromatic N) is 4. The normalized spacial score (nSPS) is 13.1. The second-order valence-electron chi connectivity index (χ2n) is 7.89. The summed E-state index contributed by atoms with van der Waals surface area (Å²) in [5.41, 5.74) is 1.15. The van der Waals surface area contributed by atoms with E-state index in [1.807, 2.05) is 6.07 Å². The molecule has 0 bridgehead atoms. The standard InChI is InChI=1S/C23H16F5N5O2S/c1-12-7-20-16(8-18(12)24)17(9-29)22(33(20)14-3-6-21(25)31-10-14)19-5-4-15(11-30-19)36(34,35)32-13(2)23(26,27)28/h3-8,10-11,13,32H,1-2H3. The van der Waals surface area contributed by atoms with E-state index in [1.54, 1.807) is 0 Å². The first-order valence-corrected chi connectivity index (χ1v) is 11.7. The van der Waals surface area contributed by atoms with E-state index in [0.717, 1.165) is 18.3 Å². The topological polar surface area (TPSA) is 101 Å². The Labute approximate surface area is 201 Å². The minimum atomic E-state index is -4.79. The van der Waals surface area contributed by atoms with Crippen molar-refractivity contribution >= 4 is 20.9 Å². The molecule has 4 rings (SSSR count). The van der Waals surface area contributed by atoms with Gasteiger partial charge in [0, 0.05) is 11.6 Å². The van der Waals surface area contributed by atoms with Gasteiger partial charge in [0.05, 0.1) is 34.4 Å². The minimum absolute atomic E-state index is 0.000140. The molecule has 4 aromatic rings. The maximum absolute atomic E-state index is 14.4. The molecule has 186 valence electrons. The van der Waals surface area contributed by atoms with Crippen LogP contribution >= 0.6 is 0 Å². The zero-order valence-electron chi connectivity index (χ0n) is 18.6. The Bertz CT molecular complexity index is 1610. The van der Waals surface area contributed by atoms with E-state index in [0.29, 0.717) is 18.1 Å². The monoisotopic (exact) mass is 521 g/mol. The van der Waals surface area contributed by atoms with Crippen molar-refractivity contribution in [3.8, 4) is 23.1 Å². The van der Waals surface area contributed by atoms with Crippen LogP contribution in [0.2, 0.25) is 0 Å². The van der Waals surface area contributed by atoms with E-state index in [1.165, 1.54) is 46.7 Å². The summed E-state index contributed by atoms with van der Waals surface area (Å²) >= 11 is 0. The maximum Gasteiger partial charge on any atom is 0.404 e. The minimum Gasteiger partial charge on any atom is -0.305 e. The zero-order chi connectivity index (χ0) is 26.4. The summed E-state index contributed by atoms with van der Waals surface area (Å²) in [6, 6.07) is 7.02. The second kappa shape index (κ2) is 8.96.